The maximum atomic E-state index is 12.5. The number of ether oxygens (including phenoxy) is 2. The molecule has 0 atom stereocenters. The van der Waals surface area contributed by atoms with Crippen molar-refractivity contribution in [3.63, 3.8) is 0 Å². The third kappa shape index (κ3) is 7.25. The minimum Gasteiger partial charge on any atom is -0.508 e. The van der Waals surface area contributed by atoms with Crippen molar-refractivity contribution in [1.29, 1.82) is 0 Å². The summed E-state index contributed by atoms with van der Waals surface area (Å²) in [4.78, 5) is 12.5. The number of phenols is 1. The number of aromatic hydroxyl groups is 1. The molecular weight excluding hydrogens is 376 g/mol. The Labute approximate surface area is 180 Å². The van der Waals surface area contributed by atoms with Gasteiger partial charge in [0.25, 0.3) is 0 Å². The number of benzene rings is 2. The Morgan fingerprint density at radius 3 is 1.97 bits per heavy atom. The van der Waals surface area contributed by atoms with E-state index in [-0.39, 0.29) is 11.5 Å². The normalized spacial score (nSPS) is 11.0. The molecule has 0 saturated carbocycles. The van der Waals surface area contributed by atoms with Gasteiger partial charge in [0.15, 0.2) is 5.78 Å². The predicted molar refractivity (Wildman–Crippen MR) is 123 cm³/mol. The molecule has 4 heteroatoms. The Hall–Kier alpha value is -2.75. The van der Waals surface area contributed by atoms with Gasteiger partial charge in [-0.1, -0.05) is 46.1 Å². The van der Waals surface area contributed by atoms with Crippen molar-refractivity contribution in [2.75, 3.05) is 13.2 Å². The van der Waals surface area contributed by atoms with Gasteiger partial charge in [-0.2, -0.15) is 0 Å². The Kier molecular flexibility index (Phi) is 9.99. The lowest BCUT2D eigenvalue weighted by Crippen LogP contribution is -2.05. The highest BCUT2D eigenvalue weighted by Gasteiger charge is 2.13. The molecule has 1 N–H and O–H groups in total. The molecule has 162 valence electrons. The van der Waals surface area contributed by atoms with E-state index in [1.54, 1.807) is 24.3 Å². The number of carbonyl (C=O) groups is 1. The van der Waals surface area contributed by atoms with Crippen LogP contribution in [0.25, 0.3) is 6.08 Å². The molecule has 0 aliphatic heterocycles. The molecular formula is C26H34O4. The number of ketones is 1. The highest BCUT2D eigenvalue weighted by molar-refractivity contribution is 6.06. The molecule has 4 nitrogen and oxygen atoms in total. The Bertz CT molecular complexity index is 790. The van der Waals surface area contributed by atoms with Crippen LogP contribution in [0.4, 0.5) is 0 Å². The summed E-state index contributed by atoms with van der Waals surface area (Å²) >= 11 is 0. The second-order valence-electron chi connectivity index (χ2n) is 7.39. The number of rotatable bonds is 13. The molecule has 0 fully saturated rings. The molecule has 0 amide bonds. The van der Waals surface area contributed by atoms with Gasteiger partial charge < -0.3 is 14.6 Å². The van der Waals surface area contributed by atoms with Crippen molar-refractivity contribution in [1.82, 2.24) is 0 Å². The quantitative estimate of drug-likeness (QED) is 0.230. The second-order valence-corrected chi connectivity index (χ2v) is 7.39. The zero-order valence-corrected chi connectivity index (χ0v) is 18.4. The van der Waals surface area contributed by atoms with Crippen molar-refractivity contribution < 1.29 is 19.4 Å². The van der Waals surface area contributed by atoms with Gasteiger partial charge in [0, 0.05) is 11.1 Å². The number of hydrogen-bond acceptors (Lipinski definition) is 4. The third-order valence-electron chi connectivity index (χ3n) is 4.78. The van der Waals surface area contributed by atoms with Crippen LogP contribution >= 0.6 is 0 Å². The second kappa shape index (κ2) is 12.7. The Morgan fingerprint density at radius 1 is 0.900 bits per heavy atom. The molecule has 0 unspecified atom stereocenters. The van der Waals surface area contributed by atoms with Crippen molar-refractivity contribution in [3.8, 4) is 17.2 Å². The molecule has 0 aliphatic carbocycles. The molecule has 2 aromatic carbocycles. The van der Waals surface area contributed by atoms with Crippen LogP contribution < -0.4 is 9.47 Å². The smallest absolute Gasteiger partial charge is 0.185 e. The van der Waals surface area contributed by atoms with Gasteiger partial charge in [0.1, 0.15) is 17.2 Å². The van der Waals surface area contributed by atoms with Crippen LogP contribution in [0.5, 0.6) is 17.2 Å². The number of carbonyl (C=O) groups excluding carboxylic acids is 1. The van der Waals surface area contributed by atoms with Gasteiger partial charge in [-0.05, 0) is 67.3 Å². The summed E-state index contributed by atoms with van der Waals surface area (Å²) in [5.41, 5.74) is 2.51. The molecule has 0 heterocycles. The third-order valence-corrected chi connectivity index (χ3v) is 4.78. The maximum absolute atomic E-state index is 12.5. The van der Waals surface area contributed by atoms with Gasteiger partial charge in [0.05, 0.1) is 13.2 Å². The SMILES string of the molecule is CCCCOc1cc(/C=C/C(=O)c2ccc(O)cc2)cc(OCCCC)c1CCC. The molecule has 30 heavy (non-hydrogen) atoms. The van der Waals surface area contributed by atoms with E-state index in [1.807, 2.05) is 12.1 Å². The van der Waals surface area contributed by atoms with Crippen LogP contribution in [-0.4, -0.2) is 24.1 Å². The summed E-state index contributed by atoms with van der Waals surface area (Å²) in [6, 6.07) is 10.2. The van der Waals surface area contributed by atoms with Crippen LogP contribution in [0.2, 0.25) is 0 Å². The molecule has 0 radical (unpaired) electrons. The number of allylic oxidation sites excluding steroid dienone is 1. The molecule has 0 saturated heterocycles. The van der Waals surface area contributed by atoms with Crippen LogP contribution in [0.15, 0.2) is 42.5 Å². The van der Waals surface area contributed by atoms with Gasteiger partial charge in [-0.3, -0.25) is 4.79 Å². The lowest BCUT2D eigenvalue weighted by Gasteiger charge is -2.17. The van der Waals surface area contributed by atoms with E-state index in [9.17, 15) is 9.90 Å². The summed E-state index contributed by atoms with van der Waals surface area (Å²) in [6.07, 6.45) is 9.38. The van der Waals surface area contributed by atoms with E-state index < -0.39 is 0 Å². The molecule has 2 rings (SSSR count). The summed E-state index contributed by atoms with van der Waals surface area (Å²) in [5, 5.41) is 9.40. The fraction of sp³-hybridized carbons (Fsp3) is 0.423. The van der Waals surface area contributed by atoms with Crippen molar-refractivity contribution in [2.45, 2.75) is 59.3 Å². The van der Waals surface area contributed by atoms with Gasteiger partial charge in [0.2, 0.25) is 0 Å². The van der Waals surface area contributed by atoms with Gasteiger partial charge >= 0.3 is 0 Å². The lowest BCUT2D eigenvalue weighted by molar-refractivity contribution is 0.104. The van der Waals surface area contributed by atoms with E-state index in [1.165, 1.54) is 12.1 Å². The van der Waals surface area contributed by atoms with Crippen molar-refractivity contribution in [2.24, 2.45) is 0 Å². The van der Waals surface area contributed by atoms with Crippen LogP contribution in [0.1, 0.15) is 74.4 Å². The lowest BCUT2D eigenvalue weighted by atomic mass is 10.0. The predicted octanol–water partition coefficient (Wildman–Crippen LogP) is 6.60. The average molecular weight is 411 g/mol. The summed E-state index contributed by atoms with van der Waals surface area (Å²) in [6.45, 7) is 7.77. The first-order chi connectivity index (χ1) is 14.6. The topological polar surface area (TPSA) is 55.8 Å². The van der Waals surface area contributed by atoms with E-state index in [0.29, 0.717) is 18.8 Å². The Morgan fingerprint density at radius 2 is 1.47 bits per heavy atom. The van der Waals surface area contributed by atoms with Crippen LogP contribution in [-0.2, 0) is 6.42 Å². The van der Waals surface area contributed by atoms with Crippen LogP contribution in [0.3, 0.4) is 0 Å². The zero-order valence-electron chi connectivity index (χ0n) is 18.4. The summed E-state index contributed by atoms with van der Waals surface area (Å²) in [7, 11) is 0. The number of hydrogen-bond donors (Lipinski definition) is 1. The minimum atomic E-state index is -0.116. The molecule has 0 aliphatic rings. The van der Waals surface area contributed by atoms with E-state index in [2.05, 4.69) is 20.8 Å². The fourth-order valence-corrected chi connectivity index (χ4v) is 3.04. The standard InChI is InChI=1S/C26H34O4/c1-4-7-16-29-25-18-20(10-15-24(28)21-11-13-22(27)14-12-21)19-26(23(25)9-6-3)30-17-8-5-2/h10-15,18-19,27H,4-9,16-17H2,1-3H3/b15-10+. The minimum absolute atomic E-state index is 0.116. The molecule has 0 spiro atoms. The summed E-state index contributed by atoms with van der Waals surface area (Å²) in [5.74, 6) is 1.71. The van der Waals surface area contributed by atoms with Crippen molar-refractivity contribution in [3.05, 3.63) is 59.2 Å². The zero-order chi connectivity index (χ0) is 21.8. The van der Waals surface area contributed by atoms with Gasteiger partial charge in [-0.25, -0.2) is 0 Å². The largest absolute Gasteiger partial charge is 0.508 e. The molecule has 2 aromatic rings. The average Bonchev–Trinajstić information content (AvgIpc) is 2.75. The Balaban J connectivity index is 2.31. The molecule has 0 aromatic heterocycles. The van der Waals surface area contributed by atoms with E-state index in [4.69, 9.17) is 9.47 Å². The van der Waals surface area contributed by atoms with Crippen LogP contribution in [0, 0.1) is 0 Å². The highest BCUT2D eigenvalue weighted by atomic mass is 16.5. The monoisotopic (exact) mass is 410 g/mol. The highest BCUT2D eigenvalue weighted by Crippen LogP contribution is 2.33. The van der Waals surface area contributed by atoms with E-state index >= 15 is 0 Å². The number of phenolic OH excluding ortho intramolecular Hbond substituents is 1. The summed E-state index contributed by atoms with van der Waals surface area (Å²) < 4.78 is 12.2. The maximum Gasteiger partial charge on any atom is 0.185 e. The molecule has 0 bridgehead atoms. The van der Waals surface area contributed by atoms with Gasteiger partial charge in [-0.15, -0.1) is 0 Å². The first-order valence-corrected chi connectivity index (χ1v) is 11.0. The fourth-order valence-electron chi connectivity index (χ4n) is 3.04. The first-order valence-electron chi connectivity index (χ1n) is 11.0. The van der Waals surface area contributed by atoms with Crippen molar-refractivity contribution >= 4 is 11.9 Å². The number of unbranched alkanes of at least 4 members (excludes halogenated alkanes) is 2. The van der Waals surface area contributed by atoms with E-state index in [0.717, 1.165) is 61.2 Å². The first kappa shape index (κ1) is 23.5.